The standard InChI is InChI=1S/C17H20ClN3O4S2/c1-26(22,23)17-12-13(27(19,24)25)6-7-16(17)21-10-8-20(9-11-21)15-5-3-2-4-14(15)18/h2-7,12H,8-11H2,1H3,(H2,19,24,25). The van der Waals surface area contributed by atoms with Gasteiger partial charge in [0.1, 0.15) is 0 Å². The molecule has 0 spiro atoms. The fraction of sp³-hybridized carbons (Fsp3) is 0.294. The summed E-state index contributed by atoms with van der Waals surface area (Å²) in [5, 5.41) is 5.81. The lowest BCUT2D eigenvalue weighted by molar-refractivity contribution is 0.596. The van der Waals surface area contributed by atoms with Crippen molar-refractivity contribution < 1.29 is 16.8 Å². The highest BCUT2D eigenvalue weighted by Gasteiger charge is 2.25. The molecular weight excluding hydrogens is 410 g/mol. The van der Waals surface area contributed by atoms with Gasteiger partial charge < -0.3 is 9.80 Å². The van der Waals surface area contributed by atoms with Crippen LogP contribution in [0.4, 0.5) is 11.4 Å². The molecule has 0 unspecified atom stereocenters. The van der Waals surface area contributed by atoms with Crippen LogP contribution in [-0.2, 0) is 19.9 Å². The molecule has 0 aliphatic carbocycles. The Morgan fingerprint density at radius 3 is 1.96 bits per heavy atom. The third kappa shape index (κ3) is 4.37. The summed E-state index contributed by atoms with van der Waals surface area (Å²) in [7, 11) is -7.62. The number of primary sulfonamides is 1. The second kappa shape index (κ2) is 7.31. The van der Waals surface area contributed by atoms with E-state index in [0.29, 0.717) is 36.9 Å². The van der Waals surface area contributed by atoms with Crippen LogP contribution in [0.2, 0.25) is 5.02 Å². The van der Waals surface area contributed by atoms with Crippen molar-refractivity contribution in [2.45, 2.75) is 9.79 Å². The second-order valence-electron chi connectivity index (χ2n) is 6.37. The molecular formula is C17H20ClN3O4S2. The summed E-state index contributed by atoms with van der Waals surface area (Å²) in [5.41, 5.74) is 1.41. The average Bonchev–Trinajstić information content (AvgIpc) is 2.60. The van der Waals surface area contributed by atoms with Crippen LogP contribution < -0.4 is 14.9 Å². The van der Waals surface area contributed by atoms with Gasteiger partial charge in [-0.15, -0.1) is 0 Å². The number of para-hydroxylation sites is 1. The van der Waals surface area contributed by atoms with Crippen LogP contribution in [0.15, 0.2) is 52.3 Å². The molecule has 1 saturated heterocycles. The molecule has 2 N–H and O–H groups in total. The van der Waals surface area contributed by atoms with Gasteiger partial charge in [0.2, 0.25) is 10.0 Å². The number of halogens is 1. The predicted molar refractivity (Wildman–Crippen MR) is 107 cm³/mol. The molecule has 0 atom stereocenters. The van der Waals surface area contributed by atoms with E-state index in [9.17, 15) is 16.8 Å². The van der Waals surface area contributed by atoms with Crippen molar-refractivity contribution in [1.82, 2.24) is 0 Å². The highest BCUT2D eigenvalue weighted by atomic mass is 35.5. The van der Waals surface area contributed by atoms with Crippen molar-refractivity contribution in [3.8, 4) is 0 Å². The molecule has 1 fully saturated rings. The molecule has 0 saturated carbocycles. The van der Waals surface area contributed by atoms with E-state index >= 15 is 0 Å². The van der Waals surface area contributed by atoms with Crippen LogP contribution in [0.25, 0.3) is 0 Å². The van der Waals surface area contributed by atoms with Crippen molar-refractivity contribution >= 4 is 42.8 Å². The fourth-order valence-corrected chi connectivity index (χ4v) is 4.91. The summed E-state index contributed by atoms with van der Waals surface area (Å²) < 4.78 is 47.6. The summed E-state index contributed by atoms with van der Waals surface area (Å²) in [6, 6.07) is 11.5. The number of hydrogen-bond acceptors (Lipinski definition) is 6. The minimum atomic E-state index is -3.99. The lowest BCUT2D eigenvalue weighted by Gasteiger charge is -2.38. The molecule has 27 heavy (non-hydrogen) atoms. The van der Waals surface area contributed by atoms with Crippen LogP contribution in [0.1, 0.15) is 0 Å². The van der Waals surface area contributed by atoms with E-state index in [1.54, 1.807) is 0 Å². The molecule has 0 aromatic heterocycles. The van der Waals surface area contributed by atoms with E-state index < -0.39 is 19.9 Å². The molecule has 2 aromatic carbocycles. The first-order valence-corrected chi connectivity index (χ1v) is 12.0. The molecule has 2 aromatic rings. The van der Waals surface area contributed by atoms with Crippen LogP contribution in [0.5, 0.6) is 0 Å². The number of rotatable bonds is 4. The zero-order chi connectivity index (χ0) is 19.8. The molecule has 0 amide bonds. The van der Waals surface area contributed by atoms with E-state index in [2.05, 4.69) is 4.90 Å². The SMILES string of the molecule is CS(=O)(=O)c1cc(S(N)(=O)=O)ccc1N1CCN(c2ccccc2Cl)CC1. The summed E-state index contributed by atoms with van der Waals surface area (Å²) in [6.07, 6.45) is 1.05. The van der Waals surface area contributed by atoms with Crippen LogP contribution in [0, 0.1) is 0 Å². The maximum absolute atomic E-state index is 12.2. The topological polar surface area (TPSA) is 101 Å². The number of anilines is 2. The zero-order valence-corrected chi connectivity index (χ0v) is 17.1. The van der Waals surface area contributed by atoms with Gasteiger partial charge in [-0.25, -0.2) is 22.0 Å². The number of piperazine rings is 1. The molecule has 10 heteroatoms. The van der Waals surface area contributed by atoms with Crippen LogP contribution in [-0.4, -0.2) is 49.3 Å². The van der Waals surface area contributed by atoms with Crippen LogP contribution >= 0.6 is 11.6 Å². The monoisotopic (exact) mass is 429 g/mol. The van der Waals surface area contributed by atoms with Crippen molar-refractivity contribution in [3.05, 3.63) is 47.5 Å². The molecule has 1 heterocycles. The summed E-state index contributed by atoms with van der Waals surface area (Å²) in [4.78, 5) is 3.80. The normalized spacial score (nSPS) is 15.8. The van der Waals surface area contributed by atoms with Crippen LogP contribution in [0.3, 0.4) is 0 Å². The Hall–Kier alpha value is -1.81. The number of sulfone groups is 1. The largest absolute Gasteiger partial charge is 0.367 e. The molecule has 1 aliphatic rings. The van der Waals surface area contributed by atoms with E-state index in [0.717, 1.165) is 18.0 Å². The van der Waals surface area contributed by atoms with E-state index in [1.807, 2.05) is 29.2 Å². The molecule has 7 nitrogen and oxygen atoms in total. The number of sulfonamides is 1. The van der Waals surface area contributed by atoms with Gasteiger partial charge in [-0.3, -0.25) is 0 Å². The Kier molecular flexibility index (Phi) is 5.40. The Labute approximate surface area is 164 Å². The minimum absolute atomic E-state index is 0.0415. The van der Waals surface area contributed by atoms with Gasteiger partial charge in [-0.1, -0.05) is 23.7 Å². The highest BCUT2D eigenvalue weighted by Crippen LogP contribution is 2.31. The molecule has 3 rings (SSSR count). The zero-order valence-electron chi connectivity index (χ0n) is 14.7. The van der Waals surface area contributed by atoms with Gasteiger partial charge in [0.15, 0.2) is 9.84 Å². The van der Waals surface area contributed by atoms with Crippen molar-refractivity contribution in [2.24, 2.45) is 5.14 Å². The lowest BCUT2D eigenvalue weighted by Crippen LogP contribution is -2.47. The smallest absolute Gasteiger partial charge is 0.238 e. The maximum atomic E-state index is 12.2. The van der Waals surface area contributed by atoms with Crippen molar-refractivity contribution in [3.63, 3.8) is 0 Å². The van der Waals surface area contributed by atoms with E-state index in [1.165, 1.54) is 12.1 Å². The molecule has 0 radical (unpaired) electrons. The van der Waals surface area contributed by atoms with Gasteiger partial charge in [0.05, 0.1) is 26.2 Å². The lowest BCUT2D eigenvalue weighted by atomic mass is 10.2. The Bertz CT molecular complexity index is 1060. The Morgan fingerprint density at radius 2 is 1.44 bits per heavy atom. The summed E-state index contributed by atoms with van der Waals surface area (Å²) in [5.74, 6) is 0. The number of nitrogens with two attached hydrogens (primary N) is 1. The van der Waals surface area contributed by atoms with E-state index in [4.69, 9.17) is 16.7 Å². The van der Waals surface area contributed by atoms with Gasteiger partial charge in [-0.05, 0) is 30.3 Å². The minimum Gasteiger partial charge on any atom is -0.367 e. The molecule has 0 bridgehead atoms. The molecule has 1 aliphatic heterocycles. The highest BCUT2D eigenvalue weighted by molar-refractivity contribution is 7.91. The first-order valence-electron chi connectivity index (χ1n) is 8.19. The third-order valence-electron chi connectivity index (χ3n) is 4.47. The Balaban J connectivity index is 1.89. The summed E-state index contributed by atoms with van der Waals surface area (Å²) >= 11 is 6.25. The maximum Gasteiger partial charge on any atom is 0.238 e. The number of benzene rings is 2. The van der Waals surface area contributed by atoms with Crippen molar-refractivity contribution in [2.75, 3.05) is 42.2 Å². The van der Waals surface area contributed by atoms with Gasteiger partial charge >= 0.3 is 0 Å². The first-order chi connectivity index (χ1) is 12.6. The number of hydrogen-bond donors (Lipinski definition) is 1. The summed E-state index contributed by atoms with van der Waals surface area (Å²) in [6.45, 7) is 2.46. The first kappa shape index (κ1) is 19.9. The fourth-order valence-electron chi connectivity index (χ4n) is 3.13. The second-order valence-corrected chi connectivity index (χ2v) is 10.3. The van der Waals surface area contributed by atoms with E-state index in [-0.39, 0.29) is 9.79 Å². The predicted octanol–water partition coefficient (Wildman–Crippen LogP) is 1.72. The molecule has 146 valence electrons. The number of nitrogens with zero attached hydrogens (tertiary/aromatic N) is 2. The van der Waals surface area contributed by atoms with Crippen molar-refractivity contribution in [1.29, 1.82) is 0 Å². The van der Waals surface area contributed by atoms with Gasteiger partial charge in [-0.2, -0.15) is 0 Å². The van der Waals surface area contributed by atoms with Gasteiger partial charge in [0.25, 0.3) is 0 Å². The average molecular weight is 430 g/mol. The third-order valence-corrected chi connectivity index (χ3v) is 6.83. The van der Waals surface area contributed by atoms with Gasteiger partial charge in [0, 0.05) is 32.4 Å². The Morgan fingerprint density at radius 1 is 0.889 bits per heavy atom. The quantitative estimate of drug-likeness (QED) is 0.794.